The smallest absolute Gasteiger partial charge is 0.269 e. The van der Waals surface area contributed by atoms with Crippen LogP contribution in [0.5, 0.6) is 5.75 Å². The number of aromatic nitrogens is 1. The average Bonchev–Trinajstić information content (AvgIpc) is 3.00. The largest absolute Gasteiger partial charge is 0.487 e. The lowest BCUT2D eigenvalue weighted by molar-refractivity contribution is 0.0748. The van der Waals surface area contributed by atoms with Crippen LogP contribution in [0, 0.1) is 13.8 Å². The van der Waals surface area contributed by atoms with E-state index in [1.165, 1.54) is 0 Å². The molecular formula is C22H25N3O3. The third-order valence-corrected chi connectivity index (χ3v) is 5.94. The molecule has 2 aromatic rings. The maximum Gasteiger partial charge on any atom is 0.269 e. The van der Waals surface area contributed by atoms with Gasteiger partial charge in [0.15, 0.2) is 0 Å². The molecule has 2 aliphatic heterocycles. The minimum atomic E-state index is -0.204. The fourth-order valence-corrected chi connectivity index (χ4v) is 4.14. The van der Waals surface area contributed by atoms with Crippen molar-refractivity contribution in [1.82, 2.24) is 15.2 Å². The van der Waals surface area contributed by atoms with E-state index < -0.39 is 0 Å². The van der Waals surface area contributed by atoms with E-state index in [0.29, 0.717) is 24.2 Å². The number of nitrogens with one attached hydrogen (secondary N) is 1. The third kappa shape index (κ3) is 3.03. The molecule has 0 radical (unpaired) electrons. The number of carbonyl (C=O) groups is 2. The summed E-state index contributed by atoms with van der Waals surface area (Å²) < 4.78 is 6.24. The Kier molecular flexibility index (Phi) is 4.57. The molecule has 2 aliphatic rings. The molecular weight excluding hydrogens is 354 g/mol. The molecule has 2 amide bonds. The van der Waals surface area contributed by atoms with Crippen molar-refractivity contribution in [2.75, 3.05) is 13.6 Å². The Labute approximate surface area is 164 Å². The van der Waals surface area contributed by atoms with Crippen LogP contribution in [0.25, 0.3) is 0 Å². The summed E-state index contributed by atoms with van der Waals surface area (Å²) in [4.78, 5) is 31.0. The summed E-state index contributed by atoms with van der Waals surface area (Å²) in [5, 5.41) is 2.57. The predicted octanol–water partition coefficient (Wildman–Crippen LogP) is 2.64. The second-order valence-electron chi connectivity index (χ2n) is 7.75. The van der Waals surface area contributed by atoms with E-state index in [9.17, 15) is 9.59 Å². The van der Waals surface area contributed by atoms with E-state index >= 15 is 0 Å². The van der Waals surface area contributed by atoms with E-state index in [0.717, 1.165) is 34.4 Å². The second kappa shape index (κ2) is 6.93. The number of hydrogen-bond donors (Lipinski definition) is 1. The van der Waals surface area contributed by atoms with Crippen LogP contribution in [0.3, 0.4) is 0 Å². The topological polar surface area (TPSA) is 71.5 Å². The van der Waals surface area contributed by atoms with Crippen molar-refractivity contribution in [1.29, 1.82) is 0 Å². The van der Waals surface area contributed by atoms with Crippen LogP contribution in [-0.2, 0) is 6.42 Å². The fraction of sp³-hybridized carbons (Fsp3) is 0.409. The SMILES string of the molecule is CNC(=O)c1ccc(Cc2cc3c(c(C)c2C)O[C@@H]2C[C@H](C)N(C2)C3=O)cn1. The first-order valence-corrected chi connectivity index (χ1v) is 9.66. The van der Waals surface area contributed by atoms with Crippen molar-refractivity contribution in [3.63, 3.8) is 0 Å². The van der Waals surface area contributed by atoms with Crippen LogP contribution in [0.4, 0.5) is 0 Å². The van der Waals surface area contributed by atoms with Crippen molar-refractivity contribution in [3.8, 4) is 5.75 Å². The van der Waals surface area contributed by atoms with Gasteiger partial charge in [-0.15, -0.1) is 0 Å². The van der Waals surface area contributed by atoms with Gasteiger partial charge in [0.05, 0.1) is 12.1 Å². The van der Waals surface area contributed by atoms with E-state index in [-0.39, 0.29) is 24.0 Å². The van der Waals surface area contributed by atoms with Crippen LogP contribution >= 0.6 is 0 Å². The second-order valence-corrected chi connectivity index (χ2v) is 7.75. The van der Waals surface area contributed by atoms with Crippen LogP contribution in [-0.4, -0.2) is 47.4 Å². The van der Waals surface area contributed by atoms with Gasteiger partial charge < -0.3 is 15.0 Å². The molecule has 0 unspecified atom stereocenters. The van der Waals surface area contributed by atoms with Crippen LogP contribution in [0.2, 0.25) is 0 Å². The first-order chi connectivity index (χ1) is 13.4. The van der Waals surface area contributed by atoms with Crippen LogP contribution < -0.4 is 10.1 Å². The van der Waals surface area contributed by atoms with Crippen molar-refractivity contribution >= 4 is 11.8 Å². The first-order valence-electron chi connectivity index (χ1n) is 9.66. The Bertz CT molecular complexity index is 952. The molecule has 1 aromatic heterocycles. The fourth-order valence-electron chi connectivity index (χ4n) is 4.14. The lowest BCUT2D eigenvalue weighted by Crippen LogP contribution is -2.33. The molecule has 1 fully saturated rings. The van der Waals surface area contributed by atoms with Crippen molar-refractivity contribution in [2.45, 2.75) is 45.8 Å². The number of carbonyl (C=O) groups excluding carboxylic acids is 2. The molecule has 3 heterocycles. The van der Waals surface area contributed by atoms with Gasteiger partial charge in [-0.3, -0.25) is 14.6 Å². The Morgan fingerprint density at radius 3 is 2.79 bits per heavy atom. The number of benzene rings is 1. The molecule has 28 heavy (non-hydrogen) atoms. The summed E-state index contributed by atoms with van der Waals surface area (Å²) in [6.45, 7) is 6.83. The van der Waals surface area contributed by atoms with Gasteiger partial charge in [-0.25, -0.2) is 0 Å². The Morgan fingerprint density at radius 2 is 2.11 bits per heavy atom. The standard InChI is InChI=1S/C22H25N3O3/c1-12-7-17-11-25(12)22(27)18-9-16(13(2)14(3)20(18)28-17)8-15-5-6-19(24-10-15)21(26)23-4/h5-6,9-10,12,17H,7-8,11H2,1-4H3,(H,23,26)/t12-,17+/m0/s1. The summed E-state index contributed by atoms with van der Waals surface area (Å²) in [7, 11) is 1.59. The maximum atomic E-state index is 13.1. The zero-order valence-corrected chi connectivity index (χ0v) is 16.7. The minimum Gasteiger partial charge on any atom is -0.487 e. The Morgan fingerprint density at radius 1 is 1.32 bits per heavy atom. The lowest BCUT2D eigenvalue weighted by Gasteiger charge is -2.24. The molecule has 2 bridgehead atoms. The van der Waals surface area contributed by atoms with Gasteiger partial charge in [0.25, 0.3) is 11.8 Å². The highest BCUT2D eigenvalue weighted by Crippen LogP contribution is 2.37. The lowest BCUT2D eigenvalue weighted by atomic mass is 9.93. The number of ether oxygens (including phenoxy) is 1. The molecule has 2 atom stereocenters. The van der Waals surface area contributed by atoms with Gasteiger partial charge >= 0.3 is 0 Å². The molecule has 6 heteroatoms. The monoisotopic (exact) mass is 379 g/mol. The third-order valence-electron chi connectivity index (χ3n) is 5.94. The Hall–Kier alpha value is -2.89. The number of fused-ring (bicyclic) bond motifs is 3. The highest BCUT2D eigenvalue weighted by molar-refractivity contribution is 5.98. The maximum absolute atomic E-state index is 13.1. The molecule has 0 aliphatic carbocycles. The number of pyridine rings is 1. The number of hydrogen-bond acceptors (Lipinski definition) is 4. The summed E-state index contributed by atoms with van der Waals surface area (Å²) in [6.07, 6.45) is 3.32. The van der Waals surface area contributed by atoms with Gasteiger partial charge in [0.2, 0.25) is 0 Å². The Balaban J connectivity index is 1.69. The highest BCUT2D eigenvalue weighted by Gasteiger charge is 2.39. The molecule has 1 saturated heterocycles. The molecule has 1 N–H and O–H groups in total. The van der Waals surface area contributed by atoms with Crippen molar-refractivity contribution < 1.29 is 14.3 Å². The van der Waals surface area contributed by atoms with Gasteiger partial charge in [-0.05, 0) is 61.6 Å². The first kappa shape index (κ1) is 18.5. The van der Waals surface area contributed by atoms with Gasteiger partial charge in [-0.2, -0.15) is 0 Å². The normalized spacial score (nSPS) is 20.4. The molecule has 146 valence electrons. The number of amides is 2. The quantitative estimate of drug-likeness (QED) is 0.890. The number of nitrogens with zero attached hydrogens (tertiary/aromatic N) is 2. The summed E-state index contributed by atoms with van der Waals surface area (Å²) >= 11 is 0. The van der Waals surface area contributed by atoms with E-state index in [4.69, 9.17) is 4.74 Å². The molecule has 0 saturated carbocycles. The molecule has 1 aromatic carbocycles. The zero-order chi connectivity index (χ0) is 20.0. The van der Waals surface area contributed by atoms with E-state index in [2.05, 4.69) is 24.1 Å². The molecule has 6 nitrogen and oxygen atoms in total. The predicted molar refractivity (Wildman–Crippen MR) is 106 cm³/mol. The van der Waals surface area contributed by atoms with Crippen LogP contribution in [0.15, 0.2) is 24.4 Å². The van der Waals surface area contributed by atoms with Gasteiger partial charge in [0.1, 0.15) is 17.5 Å². The summed E-state index contributed by atoms with van der Waals surface area (Å²) in [5.41, 5.74) is 5.27. The minimum absolute atomic E-state index is 0.0555. The average molecular weight is 379 g/mol. The molecule has 0 spiro atoms. The van der Waals surface area contributed by atoms with Crippen molar-refractivity contribution in [3.05, 3.63) is 57.9 Å². The van der Waals surface area contributed by atoms with Gasteiger partial charge in [0, 0.05) is 25.7 Å². The summed E-state index contributed by atoms with van der Waals surface area (Å²) in [6, 6.07) is 5.81. The summed E-state index contributed by atoms with van der Waals surface area (Å²) in [5.74, 6) is 0.586. The number of rotatable bonds is 3. The van der Waals surface area contributed by atoms with E-state index in [1.807, 2.05) is 24.0 Å². The zero-order valence-electron chi connectivity index (χ0n) is 16.7. The molecule has 4 rings (SSSR count). The van der Waals surface area contributed by atoms with E-state index in [1.54, 1.807) is 19.3 Å². The van der Waals surface area contributed by atoms with Crippen molar-refractivity contribution in [2.24, 2.45) is 0 Å². The van der Waals surface area contributed by atoms with Crippen LogP contribution in [0.1, 0.15) is 56.4 Å². The van der Waals surface area contributed by atoms with Gasteiger partial charge in [-0.1, -0.05) is 6.07 Å². The highest BCUT2D eigenvalue weighted by atomic mass is 16.5.